The van der Waals surface area contributed by atoms with Gasteiger partial charge in [-0.25, -0.2) is 0 Å². The van der Waals surface area contributed by atoms with Gasteiger partial charge in [-0.15, -0.1) is 11.8 Å². The molecule has 2 aromatic rings. The third-order valence-electron chi connectivity index (χ3n) is 4.05. The van der Waals surface area contributed by atoms with Crippen LogP contribution in [0.1, 0.15) is 33.9 Å². The summed E-state index contributed by atoms with van der Waals surface area (Å²) in [6.45, 7) is 8.70. The number of hydrogen-bond donors (Lipinski definition) is 1. The van der Waals surface area contributed by atoms with Gasteiger partial charge >= 0.3 is 0 Å². The molecule has 0 bridgehead atoms. The standard InChI is InChI=1S/C19H25NS/c1-13-6-7-15(3)18(10-13)19(20-5)12-21-17-9-8-14(2)16(4)11-17/h6-11,19-20H,12H2,1-5H3. The molecule has 1 N–H and O–H groups in total. The molecule has 2 aromatic carbocycles. The summed E-state index contributed by atoms with van der Waals surface area (Å²) in [5, 5.41) is 3.46. The van der Waals surface area contributed by atoms with Crippen LogP contribution in [0.5, 0.6) is 0 Å². The van der Waals surface area contributed by atoms with E-state index in [1.807, 2.05) is 18.8 Å². The van der Waals surface area contributed by atoms with Gasteiger partial charge in [0.05, 0.1) is 0 Å². The Kier molecular flexibility index (Phi) is 5.49. The smallest absolute Gasteiger partial charge is 0.0415 e. The maximum absolute atomic E-state index is 3.46. The summed E-state index contributed by atoms with van der Waals surface area (Å²) < 4.78 is 0. The minimum Gasteiger partial charge on any atom is -0.312 e. The predicted molar refractivity (Wildman–Crippen MR) is 94.4 cm³/mol. The number of rotatable bonds is 5. The molecule has 0 spiro atoms. The Balaban J connectivity index is 2.12. The van der Waals surface area contributed by atoms with Crippen LogP contribution < -0.4 is 5.32 Å². The monoisotopic (exact) mass is 299 g/mol. The van der Waals surface area contributed by atoms with E-state index in [0.29, 0.717) is 6.04 Å². The molecule has 0 aliphatic rings. The number of nitrogens with one attached hydrogen (secondary N) is 1. The molecular formula is C19H25NS. The lowest BCUT2D eigenvalue weighted by atomic mass is 10.0. The Hall–Kier alpha value is -1.25. The van der Waals surface area contributed by atoms with E-state index in [1.54, 1.807) is 0 Å². The van der Waals surface area contributed by atoms with Crippen molar-refractivity contribution in [3.8, 4) is 0 Å². The van der Waals surface area contributed by atoms with Crippen molar-refractivity contribution in [3.63, 3.8) is 0 Å². The Morgan fingerprint density at radius 2 is 1.62 bits per heavy atom. The first-order chi connectivity index (χ1) is 10.0. The van der Waals surface area contributed by atoms with E-state index >= 15 is 0 Å². The molecule has 1 unspecified atom stereocenters. The molecule has 2 heteroatoms. The van der Waals surface area contributed by atoms with E-state index in [1.165, 1.54) is 32.7 Å². The molecular weight excluding hydrogens is 274 g/mol. The van der Waals surface area contributed by atoms with Crippen LogP contribution in [0.2, 0.25) is 0 Å². The van der Waals surface area contributed by atoms with Gasteiger partial charge in [-0.05, 0) is 69.1 Å². The van der Waals surface area contributed by atoms with Crippen molar-refractivity contribution >= 4 is 11.8 Å². The van der Waals surface area contributed by atoms with Crippen molar-refractivity contribution in [1.29, 1.82) is 0 Å². The van der Waals surface area contributed by atoms with Crippen molar-refractivity contribution in [2.24, 2.45) is 0 Å². The van der Waals surface area contributed by atoms with Gasteiger partial charge in [0.25, 0.3) is 0 Å². The van der Waals surface area contributed by atoms with Crippen molar-refractivity contribution in [1.82, 2.24) is 5.32 Å². The van der Waals surface area contributed by atoms with Gasteiger partial charge in [0.15, 0.2) is 0 Å². The first-order valence-corrected chi connectivity index (χ1v) is 8.44. The Morgan fingerprint density at radius 3 is 2.29 bits per heavy atom. The molecule has 21 heavy (non-hydrogen) atoms. The molecule has 1 nitrogen and oxygen atoms in total. The van der Waals surface area contributed by atoms with Crippen molar-refractivity contribution < 1.29 is 0 Å². The Morgan fingerprint density at radius 1 is 0.905 bits per heavy atom. The van der Waals surface area contributed by atoms with Crippen LogP contribution in [0.3, 0.4) is 0 Å². The van der Waals surface area contributed by atoms with Crippen molar-refractivity contribution in [2.45, 2.75) is 38.6 Å². The molecule has 1 atom stereocenters. The molecule has 0 radical (unpaired) electrons. The van der Waals surface area contributed by atoms with Crippen LogP contribution in [0, 0.1) is 27.7 Å². The molecule has 0 aliphatic carbocycles. The largest absolute Gasteiger partial charge is 0.312 e. The Bertz CT molecular complexity index is 619. The second-order valence-corrected chi connectivity index (χ2v) is 6.85. The van der Waals surface area contributed by atoms with Crippen LogP contribution in [-0.2, 0) is 0 Å². The number of aryl methyl sites for hydroxylation is 4. The zero-order valence-corrected chi connectivity index (χ0v) is 14.5. The summed E-state index contributed by atoms with van der Waals surface area (Å²) in [5.41, 5.74) is 6.83. The molecule has 0 heterocycles. The van der Waals surface area contributed by atoms with Gasteiger partial charge in [-0.2, -0.15) is 0 Å². The lowest BCUT2D eigenvalue weighted by molar-refractivity contribution is 0.657. The lowest BCUT2D eigenvalue weighted by Gasteiger charge is -2.19. The Labute approximate surface area is 133 Å². The minimum atomic E-state index is 0.386. The van der Waals surface area contributed by atoms with Crippen LogP contribution >= 0.6 is 11.8 Å². The second kappa shape index (κ2) is 7.15. The van der Waals surface area contributed by atoms with Gasteiger partial charge in [-0.1, -0.05) is 29.8 Å². The average molecular weight is 299 g/mol. The van der Waals surface area contributed by atoms with Crippen LogP contribution in [-0.4, -0.2) is 12.8 Å². The van der Waals surface area contributed by atoms with Crippen LogP contribution in [0.25, 0.3) is 0 Å². The van der Waals surface area contributed by atoms with E-state index in [4.69, 9.17) is 0 Å². The lowest BCUT2D eigenvalue weighted by Crippen LogP contribution is -2.19. The highest BCUT2D eigenvalue weighted by Crippen LogP contribution is 2.28. The molecule has 0 aliphatic heterocycles. The van der Waals surface area contributed by atoms with Gasteiger partial charge in [-0.3, -0.25) is 0 Å². The van der Waals surface area contributed by atoms with Crippen molar-refractivity contribution in [3.05, 3.63) is 64.2 Å². The van der Waals surface area contributed by atoms with Crippen LogP contribution in [0.4, 0.5) is 0 Å². The van der Waals surface area contributed by atoms with E-state index in [0.717, 1.165) is 5.75 Å². The predicted octanol–water partition coefficient (Wildman–Crippen LogP) is 4.97. The fourth-order valence-corrected chi connectivity index (χ4v) is 3.58. The zero-order chi connectivity index (χ0) is 15.4. The topological polar surface area (TPSA) is 12.0 Å². The number of benzene rings is 2. The average Bonchev–Trinajstić information content (AvgIpc) is 2.46. The summed E-state index contributed by atoms with van der Waals surface area (Å²) >= 11 is 1.92. The highest BCUT2D eigenvalue weighted by atomic mass is 32.2. The van der Waals surface area contributed by atoms with Gasteiger partial charge in [0.2, 0.25) is 0 Å². The third kappa shape index (κ3) is 4.12. The molecule has 0 amide bonds. The van der Waals surface area contributed by atoms with E-state index in [2.05, 4.69) is 69.4 Å². The van der Waals surface area contributed by atoms with E-state index in [-0.39, 0.29) is 0 Å². The first kappa shape index (κ1) is 16.1. The zero-order valence-electron chi connectivity index (χ0n) is 13.7. The fraction of sp³-hybridized carbons (Fsp3) is 0.368. The summed E-state index contributed by atoms with van der Waals surface area (Å²) in [6, 6.07) is 13.8. The van der Waals surface area contributed by atoms with Gasteiger partial charge in [0, 0.05) is 16.7 Å². The van der Waals surface area contributed by atoms with E-state index in [9.17, 15) is 0 Å². The maximum Gasteiger partial charge on any atom is 0.0415 e. The summed E-state index contributed by atoms with van der Waals surface area (Å²) in [6.07, 6.45) is 0. The third-order valence-corrected chi connectivity index (χ3v) is 5.14. The van der Waals surface area contributed by atoms with Gasteiger partial charge in [0.1, 0.15) is 0 Å². The highest BCUT2D eigenvalue weighted by Gasteiger charge is 2.12. The highest BCUT2D eigenvalue weighted by molar-refractivity contribution is 7.99. The quantitative estimate of drug-likeness (QED) is 0.782. The minimum absolute atomic E-state index is 0.386. The first-order valence-electron chi connectivity index (χ1n) is 7.45. The SMILES string of the molecule is CNC(CSc1ccc(C)c(C)c1)c1cc(C)ccc1C. The molecule has 0 saturated carbocycles. The number of hydrogen-bond acceptors (Lipinski definition) is 2. The fourth-order valence-electron chi connectivity index (χ4n) is 2.45. The number of thioether (sulfide) groups is 1. The maximum atomic E-state index is 3.46. The van der Waals surface area contributed by atoms with Crippen molar-refractivity contribution in [2.75, 3.05) is 12.8 Å². The summed E-state index contributed by atoms with van der Waals surface area (Å²) in [5.74, 6) is 1.04. The second-order valence-electron chi connectivity index (χ2n) is 5.76. The molecule has 0 fully saturated rings. The van der Waals surface area contributed by atoms with E-state index < -0.39 is 0 Å². The molecule has 112 valence electrons. The summed E-state index contributed by atoms with van der Waals surface area (Å²) in [7, 11) is 2.05. The molecule has 2 rings (SSSR count). The molecule has 0 saturated heterocycles. The summed E-state index contributed by atoms with van der Waals surface area (Å²) in [4.78, 5) is 1.35. The van der Waals surface area contributed by atoms with Gasteiger partial charge < -0.3 is 5.32 Å². The normalized spacial score (nSPS) is 12.4. The molecule has 0 aromatic heterocycles. The van der Waals surface area contributed by atoms with Crippen LogP contribution in [0.15, 0.2) is 41.3 Å².